The first kappa shape index (κ1) is 31.6. The van der Waals surface area contributed by atoms with Crippen molar-refractivity contribution in [3.8, 4) is 6.07 Å². The number of hydrogen-bond donors (Lipinski definition) is 2. The maximum absolute atomic E-state index is 13.6. The second kappa shape index (κ2) is 12.7. The molecule has 1 saturated carbocycles. The number of nitrogens with zero attached hydrogens (tertiary/aromatic N) is 7. The number of carbonyl (C=O) groups excluding carboxylic acids is 3. The number of hydrogen-bond acceptors (Lipinski definition) is 8. The Morgan fingerprint density at radius 3 is 2.06 bits per heavy atom. The quantitative estimate of drug-likeness (QED) is 0.374. The Morgan fingerprint density at radius 1 is 0.939 bits per heavy atom. The van der Waals surface area contributed by atoms with Crippen molar-refractivity contribution < 1.29 is 14.4 Å². The fourth-order valence-electron chi connectivity index (χ4n) is 9.03. The van der Waals surface area contributed by atoms with E-state index in [-0.39, 0.29) is 42.4 Å². The number of aromatic amines is 1. The SMILES string of the molecule is C[C@H](CC1(c2nn[nH]n2)c2ccc(C(=O)N3CCCC3)cc2CCc2cc(C(=O)N3CCCC3)ccc21)NCC(=O)N1C(C#N)C[C@@H]2C[C@@H]21. The van der Waals surface area contributed by atoms with E-state index in [1.165, 1.54) is 0 Å². The summed E-state index contributed by atoms with van der Waals surface area (Å²) in [5.41, 5.74) is 4.52. The van der Waals surface area contributed by atoms with Crippen LogP contribution in [0.25, 0.3) is 0 Å². The number of tetrazole rings is 1. The third-order valence-corrected chi connectivity index (χ3v) is 11.6. The molecular weight excluding hydrogens is 618 g/mol. The molecule has 8 rings (SSSR count). The molecule has 1 unspecified atom stereocenters. The third-order valence-electron chi connectivity index (χ3n) is 11.6. The van der Waals surface area contributed by atoms with E-state index in [1.807, 2.05) is 34.1 Å². The smallest absolute Gasteiger partial charge is 0.253 e. The van der Waals surface area contributed by atoms with E-state index in [0.29, 0.717) is 42.1 Å². The second-order valence-electron chi connectivity index (χ2n) is 14.6. The van der Waals surface area contributed by atoms with Gasteiger partial charge in [-0.3, -0.25) is 14.4 Å². The molecule has 4 heterocycles. The number of piperidine rings is 1. The molecule has 2 aliphatic carbocycles. The van der Waals surface area contributed by atoms with Crippen molar-refractivity contribution in [2.24, 2.45) is 5.92 Å². The average molecular weight is 662 g/mol. The van der Waals surface area contributed by atoms with Crippen LogP contribution in [0.3, 0.4) is 0 Å². The lowest BCUT2D eigenvalue weighted by molar-refractivity contribution is -0.131. The zero-order valence-corrected chi connectivity index (χ0v) is 28.0. The minimum absolute atomic E-state index is 0.0474. The van der Waals surface area contributed by atoms with Crippen molar-refractivity contribution in [3.05, 3.63) is 75.6 Å². The molecule has 5 aliphatic rings. The van der Waals surface area contributed by atoms with Crippen molar-refractivity contribution >= 4 is 17.7 Å². The van der Waals surface area contributed by atoms with Gasteiger partial charge in [0.25, 0.3) is 11.8 Å². The fourth-order valence-corrected chi connectivity index (χ4v) is 9.03. The third kappa shape index (κ3) is 5.58. The van der Waals surface area contributed by atoms with Gasteiger partial charge in [-0.25, -0.2) is 0 Å². The summed E-state index contributed by atoms with van der Waals surface area (Å²) in [4.78, 5) is 46.2. The standard InChI is InChI=1S/C37H43N9O3/c1-23(39-22-33(47)46-29(21-38)18-28-19-32(28)46)20-37(36-40-42-43-41-36)30-10-8-26(34(48)44-12-2-3-13-44)16-24(30)6-7-25-17-27(9-11-31(25)37)35(49)45-14-4-5-15-45/h8-11,16-17,23,28-29,32,39H,2-7,12-15,18-20,22H2,1H3,(H,40,41,42,43)/t23-,28-,29?,32+/m1/s1. The normalized spacial score (nSPS) is 24.1. The van der Waals surface area contributed by atoms with E-state index in [1.54, 1.807) is 4.90 Å². The molecular formula is C37H43N9O3. The molecule has 0 spiro atoms. The molecule has 1 aromatic heterocycles. The van der Waals surface area contributed by atoms with E-state index in [4.69, 9.17) is 0 Å². The highest BCUT2D eigenvalue weighted by Crippen LogP contribution is 2.48. The van der Waals surface area contributed by atoms with Crippen LogP contribution in [0.2, 0.25) is 0 Å². The highest BCUT2D eigenvalue weighted by molar-refractivity contribution is 5.95. The largest absolute Gasteiger partial charge is 0.339 e. The summed E-state index contributed by atoms with van der Waals surface area (Å²) in [5, 5.41) is 29.1. The Bertz CT molecular complexity index is 1730. The monoisotopic (exact) mass is 661 g/mol. The lowest BCUT2D eigenvalue weighted by atomic mass is 9.67. The zero-order chi connectivity index (χ0) is 33.7. The molecule has 2 N–H and O–H groups in total. The lowest BCUT2D eigenvalue weighted by Crippen LogP contribution is -2.46. The zero-order valence-electron chi connectivity index (χ0n) is 28.0. The van der Waals surface area contributed by atoms with Gasteiger partial charge >= 0.3 is 0 Å². The number of aryl methyl sites for hydroxylation is 2. The maximum atomic E-state index is 13.6. The number of benzene rings is 2. The van der Waals surface area contributed by atoms with Gasteiger partial charge in [0.05, 0.1) is 18.0 Å². The number of nitriles is 1. The van der Waals surface area contributed by atoms with E-state index >= 15 is 0 Å². The number of likely N-dealkylation sites (tertiary alicyclic amines) is 3. The topological polar surface area (TPSA) is 151 Å². The van der Waals surface area contributed by atoms with Crippen LogP contribution >= 0.6 is 0 Å². The van der Waals surface area contributed by atoms with Gasteiger partial charge in [-0.15, -0.1) is 10.2 Å². The van der Waals surface area contributed by atoms with Gasteiger partial charge in [-0.05, 0) is 117 Å². The van der Waals surface area contributed by atoms with Crippen molar-refractivity contribution in [3.63, 3.8) is 0 Å². The van der Waals surface area contributed by atoms with Crippen LogP contribution in [-0.2, 0) is 23.1 Å². The number of rotatable bonds is 8. The first-order valence-corrected chi connectivity index (χ1v) is 17.9. The minimum atomic E-state index is -0.890. The maximum Gasteiger partial charge on any atom is 0.253 e. The molecule has 12 nitrogen and oxygen atoms in total. The fraction of sp³-hybridized carbons (Fsp3) is 0.541. The summed E-state index contributed by atoms with van der Waals surface area (Å²) in [6, 6.07) is 14.0. The molecule has 12 heteroatoms. The molecule has 3 aromatic rings. The van der Waals surface area contributed by atoms with Crippen molar-refractivity contribution in [1.82, 2.24) is 40.6 Å². The number of nitrogens with one attached hydrogen (secondary N) is 2. The van der Waals surface area contributed by atoms with Gasteiger partial charge in [-0.1, -0.05) is 17.3 Å². The molecule has 49 heavy (non-hydrogen) atoms. The summed E-state index contributed by atoms with van der Waals surface area (Å²) < 4.78 is 0. The summed E-state index contributed by atoms with van der Waals surface area (Å²) in [7, 11) is 0. The van der Waals surface area contributed by atoms with E-state index in [2.05, 4.69) is 51.1 Å². The van der Waals surface area contributed by atoms with Gasteiger partial charge in [-0.2, -0.15) is 10.5 Å². The lowest BCUT2D eigenvalue weighted by Gasteiger charge is -2.36. The van der Waals surface area contributed by atoms with Crippen LogP contribution in [-0.4, -0.2) is 104 Å². The Kier molecular flexibility index (Phi) is 8.18. The van der Waals surface area contributed by atoms with Gasteiger partial charge in [0.15, 0.2) is 5.82 Å². The molecule has 3 aliphatic heterocycles. The molecule has 4 atom stereocenters. The van der Waals surface area contributed by atoms with Crippen LogP contribution in [0.1, 0.15) is 101 Å². The predicted molar refractivity (Wildman–Crippen MR) is 179 cm³/mol. The van der Waals surface area contributed by atoms with Crippen LogP contribution in [0, 0.1) is 17.2 Å². The summed E-state index contributed by atoms with van der Waals surface area (Å²) in [5.74, 6) is 1.01. The summed E-state index contributed by atoms with van der Waals surface area (Å²) in [6.45, 7) is 5.28. The van der Waals surface area contributed by atoms with Gasteiger partial charge in [0, 0.05) is 49.4 Å². The van der Waals surface area contributed by atoms with Crippen molar-refractivity contribution in [1.29, 1.82) is 5.26 Å². The van der Waals surface area contributed by atoms with Gasteiger partial charge in [0.2, 0.25) is 5.91 Å². The average Bonchev–Trinajstić information content (AvgIpc) is 3.74. The number of carbonyl (C=O) groups is 3. The van der Waals surface area contributed by atoms with Crippen LogP contribution in [0.5, 0.6) is 0 Å². The summed E-state index contributed by atoms with van der Waals surface area (Å²) >= 11 is 0. The minimum Gasteiger partial charge on any atom is -0.339 e. The molecule has 2 aromatic carbocycles. The molecule has 3 amide bonds. The highest BCUT2D eigenvalue weighted by Gasteiger charge is 2.54. The number of fused-ring (bicyclic) bond motifs is 3. The van der Waals surface area contributed by atoms with E-state index in [9.17, 15) is 19.6 Å². The Hall–Kier alpha value is -4.63. The van der Waals surface area contributed by atoms with Gasteiger partial charge < -0.3 is 20.0 Å². The van der Waals surface area contributed by atoms with E-state index in [0.717, 1.165) is 87.0 Å². The number of aromatic nitrogens is 4. The highest BCUT2D eigenvalue weighted by atomic mass is 16.2. The van der Waals surface area contributed by atoms with E-state index < -0.39 is 5.41 Å². The predicted octanol–water partition coefficient (Wildman–Crippen LogP) is 2.99. The van der Waals surface area contributed by atoms with Crippen LogP contribution < -0.4 is 5.32 Å². The molecule has 0 bridgehead atoms. The number of H-pyrrole nitrogens is 1. The first-order valence-electron chi connectivity index (χ1n) is 17.9. The molecule has 0 radical (unpaired) electrons. The van der Waals surface area contributed by atoms with Crippen LogP contribution in [0.4, 0.5) is 0 Å². The Balaban J connectivity index is 1.17. The second-order valence-corrected chi connectivity index (χ2v) is 14.6. The van der Waals surface area contributed by atoms with Gasteiger partial charge in [0.1, 0.15) is 6.04 Å². The number of amides is 3. The summed E-state index contributed by atoms with van der Waals surface area (Å²) in [6.07, 6.45) is 7.69. The Labute approximate surface area is 286 Å². The first-order chi connectivity index (χ1) is 23.9. The molecule has 3 saturated heterocycles. The Morgan fingerprint density at radius 2 is 1.53 bits per heavy atom. The van der Waals surface area contributed by atoms with Crippen molar-refractivity contribution in [2.75, 3.05) is 32.7 Å². The van der Waals surface area contributed by atoms with Crippen LogP contribution in [0.15, 0.2) is 36.4 Å². The van der Waals surface area contributed by atoms with Crippen molar-refractivity contribution in [2.45, 2.75) is 88.3 Å². The molecule has 4 fully saturated rings. The molecule has 254 valence electrons.